The van der Waals surface area contributed by atoms with Crippen LogP contribution in [0, 0.1) is 0 Å². The smallest absolute Gasteiger partial charge is 0.260 e. The van der Waals surface area contributed by atoms with Gasteiger partial charge in [-0.25, -0.2) is 0 Å². The number of rotatable bonds is 5. The van der Waals surface area contributed by atoms with Gasteiger partial charge in [-0.3, -0.25) is 4.79 Å². The highest BCUT2D eigenvalue weighted by molar-refractivity contribution is 7.18. The molecule has 0 spiro atoms. The average Bonchev–Trinajstić information content (AvgIpc) is 3.10. The van der Waals surface area contributed by atoms with Crippen molar-refractivity contribution in [2.75, 3.05) is 37.9 Å². The number of nitrogen functional groups attached to an aromatic ring is 1. The second-order valence-corrected chi connectivity index (χ2v) is 6.65. The quantitative estimate of drug-likeness (QED) is 0.851. The first-order valence-electron chi connectivity index (χ1n) is 7.09. The van der Waals surface area contributed by atoms with Crippen LogP contribution in [0.3, 0.4) is 0 Å². The molecule has 116 valence electrons. The van der Waals surface area contributed by atoms with Crippen LogP contribution in [0.15, 0.2) is 0 Å². The lowest BCUT2D eigenvalue weighted by Crippen LogP contribution is -2.27. The number of thiophene rings is 1. The minimum absolute atomic E-state index is 0.0300. The normalized spacial score (nSPS) is 25.5. The molecule has 1 aliphatic carbocycles. The zero-order chi connectivity index (χ0) is 15.1. The van der Waals surface area contributed by atoms with E-state index >= 15 is 0 Å². The minimum Gasteiger partial charge on any atom is -0.397 e. The molecule has 1 aliphatic heterocycles. The standard InChI is InChI=1S/C14H21N3O3S/c1-19-8-5-17(6-9(8)20-2)14-10(7-3-4-7)11(15)12(21-14)13(16)18/h7-9H,3-6,15H2,1-2H3,(H2,16,18). The molecule has 0 radical (unpaired) electrons. The molecule has 2 heterocycles. The van der Waals surface area contributed by atoms with E-state index in [1.807, 2.05) is 0 Å². The van der Waals surface area contributed by atoms with Crippen molar-refractivity contribution >= 4 is 27.9 Å². The lowest BCUT2D eigenvalue weighted by molar-refractivity contribution is -0.00461. The number of hydrogen-bond acceptors (Lipinski definition) is 6. The maximum Gasteiger partial charge on any atom is 0.260 e. The van der Waals surface area contributed by atoms with Crippen LogP contribution in [0.5, 0.6) is 0 Å². The molecule has 0 bridgehead atoms. The fourth-order valence-electron chi connectivity index (χ4n) is 2.99. The number of primary amides is 1. The highest BCUT2D eigenvalue weighted by Gasteiger charge is 2.39. The van der Waals surface area contributed by atoms with E-state index in [2.05, 4.69) is 4.90 Å². The summed E-state index contributed by atoms with van der Waals surface area (Å²) >= 11 is 1.40. The van der Waals surface area contributed by atoms with Gasteiger partial charge < -0.3 is 25.8 Å². The molecule has 3 rings (SSSR count). The topological polar surface area (TPSA) is 90.8 Å². The number of carbonyl (C=O) groups excluding carboxylic acids is 1. The predicted octanol–water partition coefficient (Wildman–Crippen LogP) is 1.16. The number of methoxy groups -OCH3 is 2. The van der Waals surface area contributed by atoms with Gasteiger partial charge in [-0.15, -0.1) is 11.3 Å². The van der Waals surface area contributed by atoms with E-state index in [1.165, 1.54) is 11.3 Å². The first kappa shape index (κ1) is 14.6. The number of amides is 1. The Morgan fingerprint density at radius 3 is 2.24 bits per heavy atom. The predicted molar refractivity (Wildman–Crippen MR) is 83.0 cm³/mol. The van der Waals surface area contributed by atoms with E-state index in [0.717, 1.165) is 36.5 Å². The summed E-state index contributed by atoms with van der Waals surface area (Å²) in [7, 11) is 3.39. The van der Waals surface area contributed by atoms with Crippen molar-refractivity contribution in [3.05, 3.63) is 10.4 Å². The molecule has 2 fully saturated rings. The van der Waals surface area contributed by atoms with Gasteiger partial charge in [0.2, 0.25) is 0 Å². The van der Waals surface area contributed by atoms with E-state index in [0.29, 0.717) is 16.5 Å². The molecule has 0 aromatic carbocycles. The zero-order valence-electron chi connectivity index (χ0n) is 12.3. The van der Waals surface area contributed by atoms with Gasteiger partial charge in [-0.2, -0.15) is 0 Å². The second kappa shape index (κ2) is 5.47. The zero-order valence-corrected chi connectivity index (χ0v) is 13.1. The lowest BCUT2D eigenvalue weighted by atomic mass is 10.1. The van der Waals surface area contributed by atoms with Crippen molar-refractivity contribution in [1.29, 1.82) is 0 Å². The third-order valence-corrected chi connectivity index (χ3v) is 5.58. The molecule has 2 aliphatic rings. The summed E-state index contributed by atoms with van der Waals surface area (Å²) in [6, 6.07) is 0. The Bertz CT molecular complexity index is 544. The molecule has 2 unspecified atom stereocenters. The molecule has 1 aromatic rings. The van der Waals surface area contributed by atoms with Crippen LogP contribution < -0.4 is 16.4 Å². The van der Waals surface area contributed by atoms with Crippen molar-refractivity contribution < 1.29 is 14.3 Å². The van der Waals surface area contributed by atoms with Crippen LogP contribution in [-0.2, 0) is 9.47 Å². The molecule has 1 amide bonds. The van der Waals surface area contributed by atoms with E-state index in [-0.39, 0.29) is 12.2 Å². The van der Waals surface area contributed by atoms with Gasteiger partial charge in [0.25, 0.3) is 5.91 Å². The summed E-state index contributed by atoms with van der Waals surface area (Å²) < 4.78 is 11.0. The van der Waals surface area contributed by atoms with Crippen LogP contribution in [0.4, 0.5) is 10.7 Å². The minimum atomic E-state index is -0.448. The SMILES string of the molecule is COC1CN(c2sc(C(N)=O)c(N)c2C2CC2)CC1OC. The van der Waals surface area contributed by atoms with Crippen LogP contribution in [0.25, 0.3) is 0 Å². The highest BCUT2D eigenvalue weighted by Crippen LogP contribution is 2.52. The lowest BCUT2D eigenvalue weighted by Gasteiger charge is -2.18. The van der Waals surface area contributed by atoms with Gasteiger partial charge in [-0.05, 0) is 18.8 Å². The molecule has 6 nitrogen and oxygen atoms in total. The van der Waals surface area contributed by atoms with E-state index in [4.69, 9.17) is 20.9 Å². The Labute approximate surface area is 128 Å². The first-order valence-corrected chi connectivity index (χ1v) is 7.91. The Kier molecular flexibility index (Phi) is 3.81. The van der Waals surface area contributed by atoms with E-state index in [1.54, 1.807) is 14.2 Å². The summed E-state index contributed by atoms with van der Waals surface area (Å²) in [5.41, 5.74) is 13.3. The summed E-state index contributed by atoms with van der Waals surface area (Å²) in [6.07, 6.45) is 2.31. The van der Waals surface area contributed by atoms with Gasteiger partial charge >= 0.3 is 0 Å². The summed E-state index contributed by atoms with van der Waals surface area (Å²) in [5, 5.41) is 1.06. The van der Waals surface area contributed by atoms with Crippen molar-refractivity contribution in [3.8, 4) is 0 Å². The van der Waals surface area contributed by atoms with Crippen LogP contribution in [-0.4, -0.2) is 45.4 Å². The molecule has 1 saturated heterocycles. The number of nitrogens with zero attached hydrogens (tertiary/aromatic N) is 1. The monoisotopic (exact) mass is 311 g/mol. The van der Waals surface area contributed by atoms with E-state index in [9.17, 15) is 4.79 Å². The van der Waals surface area contributed by atoms with Gasteiger partial charge in [0.1, 0.15) is 17.1 Å². The maximum atomic E-state index is 11.6. The number of nitrogens with two attached hydrogens (primary N) is 2. The van der Waals surface area contributed by atoms with E-state index < -0.39 is 5.91 Å². The molecule has 2 atom stereocenters. The van der Waals surface area contributed by atoms with Crippen LogP contribution >= 0.6 is 11.3 Å². The van der Waals surface area contributed by atoms with Crippen molar-refractivity contribution in [2.45, 2.75) is 31.0 Å². The Hall–Kier alpha value is -1.31. The maximum absolute atomic E-state index is 11.6. The molecule has 7 heteroatoms. The summed E-state index contributed by atoms with van der Waals surface area (Å²) in [6.45, 7) is 1.49. The number of ether oxygens (including phenoxy) is 2. The molecule has 21 heavy (non-hydrogen) atoms. The van der Waals surface area contributed by atoms with Crippen molar-refractivity contribution in [2.24, 2.45) is 5.73 Å². The highest BCUT2D eigenvalue weighted by atomic mass is 32.1. The average molecular weight is 311 g/mol. The fourth-order valence-corrected chi connectivity index (χ4v) is 4.17. The first-order chi connectivity index (χ1) is 10.1. The Balaban J connectivity index is 1.95. The van der Waals surface area contributed by atoms with Gasteiger partial charge in [0.05, 0.1) is 10.7 Å². The number of hydrogen-bond donors (Lipinski definition) is 2. The molecular weight excluding hydrogens is 290 g/mol. The molecular formula is C14H21N3O3S. The fraction of sp³-hybridized carbons (Fsp3) is 0.643. The Morgan fingerprint density at radius 2 is 1.81 bits per heavy atom. The third-order valence-electron chi connectivity index (χ3n) is 4.28. The van der Waals surface area contributed by atoms with Crippen molar-refractivity contribution in [1.82, 2.24) is 0 Å². The molecule has 4 N–H and O–H groups in total. The second-order valence-electron chi connectivity index (χ2n) is 5.66. The largest absolute Gasteiger partial charge is 0.397 e. The number of carbonyl (C=O) groups is 1. The van der Waals surface area contributed by atoms with Crippen LogP contribution in [0.2, 0.25) is 0 Å². The number of anilines is 2. The van der Waals surface area contributed by atoms with Gasteiger partial charge in [0.15, 0.2) is 0 Å². The molecule has 1 aromatic heterocycles. The Morgan fingerprint density at radius 1 is 1.24 bits per heavy atom. The van der Waals surface area contributed by atoms with Crippen molar-refractivity contribution in [3.63, 3.8) is 0 Å². The summed E-state index contributed by atoms with van der Waals surface area (Å²) in [5.74, 6) is 0.0170. The van der Waals surface area contributed by atoms with Gasteiger partial charge in [-0.1, -0.05) is 0 Å². The van der Waals surface area contributed by atoms with Gasteiger partial charge in [0, 0.05) is 32.9 Å². The summed E-state index contributed by atoms with van der Waals surface area (Å²) in [4.78, 5) is 14.3. The third kappa shape index (κ3) is 2.49. The van der Waals surface area contributed by atoms with Crippen LogP contribution in [0.1, 0.15) is 34.0 Å². The molecule has 1 saturated carbocycles.